The zero-order valence-electron chi connectivity index (χ0n) is 11.2. The van der Waals surface area contributed by atoms with Crippen LogP contribution in [0.1, 0.15) is 11.3 Å². The molecule has 0 N–H and O–H groups in total. The summed E-state index contributed by atoms with van der Waals surface area (Å²) in [7, 11) is -0.0589. The number of carbonyl (C=O) groups is 1. The highest BCUT2D eigenvalue weighted by atomic mass is 28.3. The fourth-order valence-electron chi connectivity index (χ4n) is 1.13. The first-order valence-corrected chi connectivity index (χ1v) is 9.10. The Morgan fingerprint density at radius 3 is 2.50 bits per heavy atom. The van der Waals surface area contributed by atoms with Crippen LogP contribution in [0.25, 0.3) is 5.57 Å². The van der Waals surface area contributed by atoms with Crippen molar-refractivity contribution in [3.8, 4) is 11.5 Å². The number of methoxy groups -OCH3 is 1. The molecule has 0 aliphatic heterocycles. The smallest absolute Gasteiger partial charge is 0.339 e. The first kappa shape index (κ1) is 14.2. The molecule has 3 nitrogen and oxygen atoms in total. The summed E-state index contributed by atoms with van der Waals surface area (Å²) in [5.41, 5.74) is 4.87. The van der Waals surface area contributed by atoms with E-state index in [1.807, 2.05) is 6.07 Å². The Balaban J connectivity index is 2.89. The van der Waals surface area contributed by atoms with Crippen molar-refractivity contribution in [1.82, 2.24) is 4.98 Å². The lowest BCUT2D eigenvalue weighted by Gasteiger charge is -2.04. The van der Waals surface area contributed by atoms with Gasteiger partial charge in [0.15, 0.2) is 0 Å². The molecule has 0 atom stereocenters. The molecule has 18 heavy (non-hydrogen) atoms. The minimum Gasteiger partial charge on any atom is -0.465 e. The van der Waals surface area contributed by atoms with Gasteiger partial charge in [-0.05, 0) is 12.1 Å². The molecule has 0 spiro atoms. The summed E-state index contributed by atoms with van der Waals surface area (Å²) in [6, 6.07) is 3.57. The van der Waals surface area contributed by atoms with E-state index in [-0.39, 0.29) is 5.57 Å². The molecular formula is C14H17NO2Si. The van der Waals surface area contributed by atoms with Crippen LogP contribution in [0.5, 0.6) is 0 Å². The average Bonchev–Trinajstić information content (AvgIpc) is 2.34. The van der Waals surface area contributed by atoms with Crippen LogP contribution < -0.4 is 0 Å². The molecule has 0 unspecified atom stereocenters. The highest BCUT2D eigenvalue weighted by molar-refractivity contribution is 6.83. The summed E-state index contributed by atoms with van der Waals surface area (Å²) in [5, 5.41) is 0. The molecule has 0 amide bonds. The molecule has 0 aliphatic rings. The second-order valence-electron chi connectivity index (χ2n) is 4.90. The Bertz CT molecular complexity index is 515. The van der Waals surface area contributed by atoms with Crippen molar-refractivity contribution < 1.29 is 9.53 Å². The topological polar surface area (TPSA) is 39.2 Å². The van der Waals surface area contributed by atoms with Crippen LogP contribution in [-0.2, 0) is 9.53 Å². The molecule has 0 fully saturated rings. The number of ether oxygens (including phenoxy) is 1. The molecule has 1 aromatic rings. The van der Waals surface area contributed by atoms with Gasteiger partial charge in [-0.15, -0.1) is 5.54 Å². The van der Waals surface area contributed by atoms with E-state index >= 15 is 0 Å². The second kappa shape index (κ2) is 5.65. The Morgan fingerprint density at radius 1 is 1.39 bits per heavy atom. The zero-order valence-corrected chi connectivity index (χ0v) is 12.2. The van der Waals surface area contributed by atoms with E-state index in [0.717, 1.165) is 5.56 Å². The summed E-state index contributed by atoms with van der Waals surface area (Å²) < 4.78 is 4.59. The number of esters is 1. The van der Waals surface area contributed by atoms with Crippen LogP contribution in [0, 0.1) is 11.5 Å². The maximum absolute atomic E-state index is 11.3. The fraction of sp³-hybridized carbons (Fsp3) is 0.286. The van der Waals surface area contributed by atoms with E-state index in [1.54, 1.807) is 12.3 Å². The third kappa shape index (κ3) is 4.19. The minimum absolute atomic E-state index is 0.252. The quantitative estimate of drug-likeness (QED) is 0.354. The van der Waals surface area contributed by atoms with Crippen LogP contribution in [0.4, 0.5) is 0 Å². The molecule has 1 aromatic heterocycles. The molecule has 0 aromatic carbocycles. The van der Waals surface area contributed by atoms with E-state index in [1.165, 1.54) is 7.11 Å². The standard InChI is InChI=1S/C14H17NO2Si/c1-11(14(16)17-2)13-7-6-12(10-15-13)8-9-18(3,4)5/h6-7,10H,1H2,2-5H3. The number of hydrogen-bond donors (Lipinski definition) is 0. The van der Waals surface area contributed by atoms with Gasteiger partial charge in [-0.25, -0.2) is 4.79 Å². The van der Waals surface area contributed by atoms with Crippen molar-refractivity contribution in [2.75, 3.05) is 7.11 Å². The largest absolute Gasteiger partial charge is 0.465 e. The van der Waals surface area contributed by atoms with Crippen molar-refractivity contribution in [2.45, 2.75) is 19.6 Å². The molecule has 0 bridgehead atoms. The van der Waals surface area contributed by atoms with Crippen LogP contribution in [0.2, 0.25) is 19.6 Å². The number of hydrogen-bond acceptors (Lipinski definition) is 3. The van der Waals surface area contributed by atoms with Gasteiger partial charge < -0.3 is 4.74 Å². The molecule has 94 valence electrons. The first-order valence-electron chi connectivity index (χ1n) is 5.60. The number of nitrogens with zero attached hydrogens (tertiary/aromatic N) is 1. The van der Waals surface area contributed by atoms with Crippen molar-refractivity contribution in [3.63, 3.8) is 0 Å². The lowest BCUT2D eigenvalue weighted by molar-refractivity contribution is -0.133. The van der Waals surface area contributed by atoms with Crippen LogP contribution in [0.15, 0.2) is 24.9 Å². The predicted octanol–water partition coefficient (Wildman–Crippen LogP) is 2.50. The van der Waals surface area contributed by atoms with Gasteiger partial charge in [0.2, 0.25) is 0 Å². The summed E-state index contributed by atoms with van der Waals surface area (Å²) in [4.78, 5) is 15.4. The number of pyridine rings is 1. The molecule has 0 saturated heterocycles. The Labute approximate surface area is 109 Å². The monoisotopic (exact) mass is 259 g/mol. The molecule has 0 aliphatic carbocycles. The van der Waals surface area contributed by atoms with Crippen molar-refractivity contribution in [1.29, 1.82) is 0 Å². The molecule has 1 heterocycles. The SMILES string of the molecule is C=C(C(=O)OC)c1ccc(C#C[Si](C)(C)C)cn1. The van der Waals surface area contributed by atoms with E-state index < -0.39 is 14.0 Å². The van der Waals surface area contributed by atoms with Crippen molar-refractivity contribution >= 4 is 19.6 Å². The number of rotatable bonds is 2. The van der Waals surface area contributed by atoms with E-state index in [2.05, 4.69) is 47.4 Å². The van der Waals surface area contributed by atoms with Crippen LogP contribution in [-0.4, -0.2) is 26.1 Å². The maximum Gasteiger partial charge on any atom is 0.339 e. The van der Waals surface area contributed by atoms with E-state index in [4.69, 9.17) is 0 Å². The highest BCUT2D eigenvalue weighted by Crippen LogP contribution is 2.11. The Kier molecular flexibility index (Phi) is 4.46. The molecule has 0 saturated carbocycles. The van der Waals surface area contributed by atoms with Gasteiger partial charge >= 0.3 is 5.97 Å². The number of carbonyl (C=O) groups excluding carboxylic acids is 1. The molecule has 1 rings (SSSR count). The van der Waals surface area contributed by atoms with Crippen molar-refractivity contribution in [2.24, 2.45) is 0 Å². The lowest BCUT2D eigenvalue weighted by atomic mass is 10.2. The Hall–Kier alpha value is -1.86. The van der Waals surface area contributed by atoms with Gasteiger partial charge in [-0.3, -0.25) is 4.98 Å². The van der Waals surface area contributed by atoms with Gasteiger partial charge in [-0.2, -0.15) is 0 Å². The molecular weight excluding hydrogens is 242 g/mol. The predicted molar refractivity (Wildman–Crippen MR) is 75.5 cm³/mol. The first-order chi connectivity index (χ1) is 8.33. The third-order valence-corrected chi connectivity index (χ3v) is 2.96. The average molecular weight is 259 g/mol. The minimum atomic E-state index is -1.38. The molecule has 0 radical (unpaired) electrons. The van der Waals surface area contributed by atoms with Crippen molar-refractivity contribution in [3.05, 3.63) is 36.2 Å². The summed E-state index contributed by atoms with van der Waals surface area (Å²) in [5.74, 6) is 2.63. The van der Waals surface area contributed by atoms with Gasteiger partial charge in [0.25, 0.3) is 0 Å². The summed E-state index contributed by atoms with van der Waals surface area (Å²) >= 11 is 0. The maximum atomic E-state index is 11.3. The number of aromatic nitrogens is 1. The van der Waals surface area contributed by atoms with Gasteiger partial charge in [0, 0.05) is 11.8 Å². The van der Waals surface area contributed by atoms with E-state index in [9.17, 15) is 4.79 Å². The van der Waals surface area contributed by atoms with Gasteiger partial charge in [0.05, 0.1) is 18.4 Å². The van der Waals surface area contributed by atoms with E-state index in [0.29, 0.717) is 5.69 Å². The summed E-state index contributed by atoms with van der Waals surface area (Å²) in [6.07, 6.45) is 1.65. The highest BCUT2D eigenvalue weighted by Gasteiger charge is 2.10. The summed E-state index contributed by atoms with van der Waals surface area (Å²) in [6.45, 7) is 10.2. The second-order valence-corrected chi connectivity index (χ2v) is 9.65. The third-order valence-electron chi connectivity index (χ3n) is 2.09. The normalized spacial score (nSPS) is 10.2. The molecule has 4 heteroatoms. The van der Waals surface area contributed by atoms with Gasteiger partial charge in [-0.1, -0.05) is 32.1 Å². The fourth-order valence-corrected chi connectivity index (χ4v) is 1.65. The zero-order chi connectivity index (χ0) is 13.8. The van der Waals surface area contributed by atoms with Gasteiger partial charge in [0.1, 0.15) is 8.07 Å². The lowest BCUT2D eigenvalue weighted by Crippen LogP contribution is -2.16. The Morgan fingerprint density at radius 2 is 2.06 bits per heavy atom. The van der Waals surface area contributed by atoms with Crippen LogP contribution in [0.3, 0.4) is 0 Å². The van der Waals surface area contributed by atoms with Crippen LogP contribution >= 0.6 is 0 Å².